The number of anilines is 1. The van der Waals surface area contributed by atoms with Crippen LogP contribution in [0, 0.1) is 0 Å². The summed E-state index contributed by atoms with van der Waals surface area (Å²) >= 11 is 0. The van der Waals surface area contributed by atoms with Gasteiger partial charge in [-0.2, -0.15) is 0 Å². The maximum Gasteiger partial charge on any atom is 0.293 e. The number of piperazine rings is 1. The molecule has 1 saturated heterocycles. The number of nitrogens with one attached hydrogen (secondary N) is 1. The maximum atomic E-state index is 12.3. The third-order valence-corrected chi connectivity index (χ3v) is 4.73. The second-order valence-electron chi connectivity index (χ2n) is 7.02. The van der Waals surface area contributed by atoms with E-state index in [0.717, 1.165) is 12.4 Å². The molecule has 1 N–H and O–H groups in total. The monoisotopic (exact) mass is 505 g/mol. The predicted octanol–water partition coefficient (Wildman–Crippen LogP) is 0.353. The molecule has 0 bridgehead atoms. The van der Waals surface area contributed by atoms with E-state index in [-0.39, 0.29) is 48.0 Å². The highest BCUT2D eigenvalue weighted by Gasteiger charge is 2.23. The molecule has 0 spiro atoms. The Kier molecular flexibility index (Phi) is 9.70. The first-order chi connectivity index (χ1) is 12.8. The van der Waals surface area contributed by atoms with Gasteiger partial charge in [-0.1, -0.05) is 6.92 Å². The molecule has 0 aromatic carbocycles. The molecule has 1 unspecified atom stereocenters. The zero-order valence-electron chi connectivity index (χ0n) is 17.4. The minimum Gasteiger partial charge on any atom is -0.354 e. The Hall–Kier alpha value is -1.85. The van der Waals surface area contributed by atoms with Crippen molar-refractivity contribution in [3.63, 3.8) is 0 Å². The van der Waals surface area contributed by atoms with Gasteiger partial charge in [0.15, 0.2) is 11.8 Å². The summed E-state index contributed by atoms with van der Waals surface area (Å²) in [7, 11) is 5.18. The summed E-state index contributed by atoms with van der Waals surface area (Å²) in [5.41, 5.74) is -0.0887. The molecule has 0 aliphatic carbocycles. The Morgan fingerprint density at radius 3 is 2.54 bits per heavy atom. The van der Waals surface area contributed by atoms with Crippen molar-refractivity contribution >= 4 is 41.7 Å². The van der Waals surface area contributed by atoms with Gasteiger partial charge >= 0.3 is 0 Å². The second kappa shape index (κ2) is 11.2. The molecule has 0 radical (unpaired) electrons. The Balaban J connectivity index is 0.00000392. The van der Waals surface area contributed by atoms with Gasteiger partial charge in [0.2, 0.25) is 5.91 Å². The van der Waals surface area contributed by atoms with Crippen molar-refractivity contribution in [2.24, 2.45) is 12.0 Å². The minimum absolute atomic E-state index is 0. The van der Waals surface area contributed by atoms with Crippen LogP contribution in [0.1, 0.15) is 20.3 Å². The van der Waals surface area contributed by atoms with E-state index < -0.39 is 0 Å². The molecule has 1 amide bonds. The van der Waals surface area contributed by atoms with Gasteiger partial charge in [0.1, 0.15) is 6.54 Å². The summed E-state index contributed by atoms with van der Waals surface area (Å²) in [6.07, 6.45) is 4.27. The van der Waals surface area contributed by atoms with Crippen molar-refractivity contribution < 1.29 is 4.79 Å². The van der Waals surface area contributed by atoms with Crippen molar-refractivity contribution in [3.8, 4) is 0 Å². The molecule has 9 nitrogen and oxygen atoms in total. The number of hydrogen-bond donors (Lipinski definition) is 1. The highest BCUT2D eigenvalue weighted by atomic mass is 127. The van der Waals surface area contributed by atoms with Crippen molar-refractivity contribution in [2.75, 3.05) is 51.7 Å². The van der Waals surface area contributed by atoms with E-state index >= 15 is 0 Å². The van der Waals surface area contributed by atoms with Crippen LogP contribution in [0.15, 0.2) is 22.2 Å². The van der Waals surface area contributed by atoms with Crippen molar-refractivity contribution in [1.29, 1.82) is 0 Å². The largest absolute Gasteiger partial charge is 0.354 e. The number of rotatable bonds is 5. The number of guanidine groups is 1. The zero-order chi connectivity index (χ0) is 20.0. The summed E-state index contributed by atoms with van der Waals surface area (Å²) in [4.78, 5) is 38.6. The number of carbonyl (C=O) groups excluding carboxylic acids is 1. The van der Waals surface area contributed by atoms with Crippen LogP contribution in [0.2, 0.25) is 0 Å². The highest BCUT2D eigenvalue weighted by molar-refractivity contribution is 14.0. The third kappa shape index (κ3) is 6.35. The average molecular weight is 505 g/mol. The minimum atomic E-state index is -0.0887. The number of carbonyl (C=O) groups is 1. The van der Waals surface area contributed by atoms with Crippen molar-refractivity contribution in [1.82, 2.24) is 24.7 Å². The Morgan fingerprint density at radius 1 is 1.32 bits per heavy atom. The van der Waals surface area contributed by atoms with Crippen LogP contribution in [-0.2, 0) is 11.8 Å². The number of halogens is 1. The quantitative estimate of drug-likeness (QED) is 0.353. The van der Waals surface area contributed by atoms with Crippen molar-refractivity contribution in [2.45, 2.75) is 26.3 Å². The van der Waals surface area contributed by atoms with E-state index in [1.165, 1.54) is 0 Å². The molecule has 0 saturated carbocycles. The van der Waals surface area contributed by atoms with Gasteiger partial charge in [-0.15, -0.1) is 24.0 Å². The Morgan fingerprint density at radius 2 is 1.96 bits per heavy atom. The van der Waals surface area contributed by atoms with Crippen LogP contribution in [0.25, 0.3) is 0 Å². The molecule has 2 heterocycles. The number of aliphatic imine (C=N–C) groups is 1. The van der Waals surface area contributed by atoms with E-state index in [1.807, 2.05) is 4.90 Å². The molecule has 1 atom stereocenters. The molecule has 10 heteroatoms. The standard InChI is InChI=1S/C18H31N7O2.HI/c1-6-14(2)21-18(20-13-15(26)22(3)4)25-11-9-24(10-12-25)16-17(27)23(5)8-7-19-16;/h7-8,14H,6,9-13H2,1-5H3,(H,20,21);1H. The summed E-state index contributed by atoms with van der Waals surface area (Å²) < 4.78 is 1.54. The average Bonchev–Trinajstić information content (AvgIpc) is 2.66. The van der Waals surface area contributed by atoms with Gasteiger partial charge in [-0.3, -0.25) is 9.59 Å². The number of hydrogen-bond acceptors (Lipinski definition) is 5. The first-order valence-corrected chi connectivity index (χ1v) is 9.36. The zero-order valence-corrected chi connectivity index (χ0v) is 19.7. The van der Waals surface area contributed by atoms with Crippen LogP contribution < -0.4 is 15.8 Å². The highest BCUT2D eigenvalue weighted by Crippen LogP contribution is 2.09. The maximum absolute atomic E-state index is 12.3. The summed E-state index contributed by atoms with van der Waals surface area (Å²) in [6.45, 7) is 7.08. The molecular formula is C18H32IN7O2. The number of aromatic nitrogens is 2. The smallest absolute Gasteiger partial charge is 0.293 e. The van der Waals surface area contributed by atoms with E-state index in [9.17, 15) is 9.59 Å². The number of nitrogens with zero attached hydrogens (tertiary/aromatic N) is 6. The molecule has 2 rings (SSSR count). The first kappa shape index (κ1) is 24.2. The summed E-state index contributed by atoms with van der Waals surface area (Å²) in [5.74, 6) is 1.19. The lowest BCUT2D eigenvalue weighted by atomic mass is 10.2. The van der Waals surface area contributed by atoms with Gasteiger partial charge in [0.25, 0.3) is 5.56 Å². The van der Waals surface area contributed by atoms with E-state index in [2.05, 4.69) is 34.0 Å². The van der Waals surface area contributed by atoms with Gasteiger partial charge in [0.05, 0.1) is 0 Å². The molecule has 1 aliphatic rings. The number of amides is 1. The van der Waals surface area contributed by atoms with Crippen LogP contribution in [0.5, 0.6) is 0 Å². The second-order valence-corrected chi connectivity index (χ2v) is 7.02. The normalized spacial score (nSPS) is 15.7. The van der Waals surface area contributed by atoms with Gasteiger partial charge in [0, 0.05) is 65.8 Å². The molecule has 28 heavy (non-hydrogen) atoms. The Bertz CT molecular complexity index is 727. The fourth-order valence-corrected chi connectivity index (χ4v) is 2.67. The third-order valence-electron chi connectivity index (χ3n) is 4.73. The predicted molar refractivity (Wildman–Crippen MR) is 123 cm³/mol. The van der Waals surface area contributed by atoms with E-state index in [0.29, 0.717) is 32.0 Å². The fourth-order valence-electron chi connectivity index (χ4n) is 2.67. The summed E-state index contributed by atoms with van der Waals surface area (Å²) in [6, 6.07) is 0.263. The van der Waals surface area contributed by atoms with Crippen LogP contribution >= 0.6 is 24.0 Å². The van der Waals surface area contributed by atoms with Crippen LogP contribution in [-0.4, -0.2) is 84.1 Å². The van der Waals surface area contributed by atoms with Gasteiger partial charge in [-0.05, 0) is 13.3 Å². The topological polar surface area (TPSA) is 86.1 Å². The van der Waals surface area contributed by atoms with E-state index in [4.69, 9.17) is 0 Å². The SMILES string of the molecule is CCC(C)NC(=NCC(=O)N(C)C)N1CCN(c2nccn(C)c2=O)CC1.I. The number of aryl methyl sites for hydroxylation is 1. The lowest BCUT2D eigenvalue weighted by Crippen LogP contribution is -2.55. The van der Waals surface area contributed by atoms with Gasteiger partial charge in [-0.25, -0.2) is 9.98 Å². The molecular weight excluding hydrogens is 473 g/mol. The molecule has 1 fully saturated rings. The molecule has 1 aliphatic heterocycles. The fraction of sp³-hybridized carbons (Fsp3) is 0.667. The van der Waals surface area contributed by atoms with E-state index in [1.54, 1.807) is 43.0 Å². The summed E-state index contributed by atoms with van der Waals surface area (Å²) in [5, 5.41) is 3.41. The Labute approximate surface area is 183 Å². The first-order valence-electron chi connectivity index (χ1n) is 9.36. The molecule has 1 aromatic rings. The number of likely N-dealkylation sites (N-methyl/N-ethyl adjacent to an activating group) is 1. The van der Waals surface area contributed by atoms with Crippen LogP contribution in [0.4, 0.5) is 5.82 Å². The van der Waals surface area contributed by atoms with Gasteiger partial charge < -0.3 is 24.6 Å². The molecule has 1 aromatic heterocycles. The molecule has 158 valence electrons. The lowest BCUT2D eigenvalue weighted by Gasteiger charge is -2.37. The van der Waals surface area contributed by atoms with Crippen molar-refractivity contribution in [3.05, 3.63) is 22.7 Å². The lowest BCUT2D eigenvalue weighted by molar-refractivity contribution is -0.127. The van der Waals surface area contributed by atoms with Crippen LogP contribution in [0.3, 0.4) is 0 Å².